The van der Waals surface area contributed by atoms with E-state index in [0.29, 0.717) is 22.8 Å². The van der Waals surface area contributed by atoms with Gasteiger partial charge in [-0.15, -0.1) is 0 Å². The number of carbonyl (C=O) groups is 1. The van der Waals surface area contributed by atoms with Crippen LogP contribution in [-0.2, 0) is 7.05 Å². The first-order valence-corrected chi connectivity index (χ1v) is 5.77. The lowest BCUT2D eigenvalue weighted by atomic mass is 10.1. The van der Waals surface area contributed by atoms with Crippen LogP contribution in [0.2, 0.25) is 0 Å². The molecule has 0 aliphatic carbocycles. The average molecular weight is 277 g/mol. The van der Waals surface area contributed by atoms with Gasteiger partial charge in [-0.1, -0.05) is 0 Å². The Kier molecular flexibility index (Phi) is 3.51. The highest BCUT2D eigenvalue weighted by Gasteiger charge is 2.19. The van der Waals surface area contributed by atoms with E-state index in [-0.39, 0.29) is 11.3 Å². The lowest BCUT2D eigenvalue weighted by Crippen LogP contribution is -2.03. The summed E-state index contributed by atoms with van der Waals surface area (Å²) in [4.78, 5) is 11.3. The number of hydrogen-bond acceptors (Lipinski definition) is 5. The summed E-state index contributed by atoms with van der Waals surface area (Å²) in [5, 5.41) is 13.5. The molecule has 0 unspecified atom stereocenters. The Morgan fingerprint density at radius 2 is 2.00 bits per heavy atom. The number of nitrogens with zero attached hydrogens (tertiary/aromatic N) is 2. The fourth-order valence-corrected chi connectivity index (χ4v) is 1.89. The summed E-state index contributed by atoms with van der Waals surface area (Å²) in [7, 11) is 4.54. The number of methoxy groups -OCH3 is 2. The summed E-state index contributed by atoms with van der Waals surface area (Å²) in [5.74, 6) is -0.128. The molecule has 2 rings (SSSR count). The molecular weight excluding hydrogens is 262 g/mol. The molecule has 3 N–H and O–H groups in total. The molecule has 0 aliphatic rings. The maximum absolute atomic E-state index is 11.3. The van der Waals surface area contributed by atoms with Crippen LogP contribution in [0.5, 0.6) is 11.5 Å². The molecule has 0 saturated carbocycles. The molecule has 0 bridgehead atoms. The van der Waals surface area contributed by atoms with E-state index in [0.717, 1.165) is 0 Å². The molecule has 7 heteroatoms. The number of aromatic nitrogens is 2. The van der Waals surface area contributed by atoms with E-state index in [9.17, 15) is 9.90 Å². The van der Waals surface area contributed by atoms with E-state index in [1.807, 2.05) is 0 Å². The molecule has 0 atom stereocenters. The van der Waals surface area contributed by atoms with Crippen LogP contribution in [0.25, 0.3) is 11.3 Å². The second-order valence-electron chi connectivity index (χ2n) is 4.14. The van der Waals surface area contributed by atoms with Gasteiger partial charge < -0.3 is 20.3 Å². The second-order valence-corrected chi connectivity index (χ2v) is 4.14. The molecule has 20 heavy (non-hydrogen) atoms. The van der Waals surface area contributed by atoms with E-state index in [1.165, 1.54) is 25.0 Å². The third-order valence-electron chi connectivity index (χ3n) is 2.92. The SMILES string of the molecule is COc1cc(-c2cc(N)n(C)n2)cc(C(=O)O)c1OC. The fourth-order valence-electron chi connectivity index (χ4n) is 1.89. The third-order valence-corrected chi connectivity index (χ3v) is 2.92. The Labute approximate surface area is 115 Å². The summed E-state index contributed by atoms with van der Waals surface area (Å²) < 4.78 is 11.8. The molecule has 0 aliphatic heterocycles. The number of nitrogen functional groups attached to an aromatic ring is 1. The summed E-state index contributed by atoms with van der Waals surface area (Å²) in [5.41, 5.74) is 6.89. The molecule has 0 spiro atoms. The first-order chi connectivity index (χ1) is 9.47. The topological polar surface area (TPSA) is 99.6 Å². The Bertz CT molecular complexity index is 644. The monoisotopic (exact) mass is 277 g/mol. The van der Waals surface area contributed by atoms with Crippen molar-refractivity contribution in [3.05, 3.63) is 23.8 Å². The fraction of sp³-hybridized carbons (Fsp3) is 0.231. The summed E-state index contributed by atoms with van der Waals surface area (Å²) in [6.45, 7) is 0. The minimum absolute atomic E-state index is 0.00562. The zero-order valence-electron chi connectivity index (χ0n) is 11.4. The highest BCUT2D eigenvalue weighted by atomic mass is 16.5. The number of anilines is 1. The molecule has 1 aromatic carbocycles. The molecule has 2 aromatic rings. The van der Waals surface area contributed by atoms with Crippen molar-refractivity contribution in [2.45, 2.75) is 0 Å². The van der Waals surface area contributed by atoms with Gasteiger partial charge in [-0.2, -0.15) is 5.10 Å². The Morgan fingerprint density at radius 3 is 2.45 bits per heavy atom. The molecule has 0 fully saturated rings. The van der Waals surface area contributed by atoms with Gasteiger partial charge in [0, 0.05) is 18.7 Å². The largest absolute Gasteiger partial charge is 0.493 e. The maximum Gasteiger partial charge on any atom is 0.339 e. The molecule has 0 saturated heterocycles. The average Bonchev–Trinajstić information content (AvgIpc) is 2.76. The van der Waals surface area contributed by atoms with Crippen molar-refractivity contribution in [1.82, 2.24) is 9.78 Å². The molecule has 0 radical (unpaired) electrons. The van der Waals surface area contributed by atoms with Crippen LogP contribution in [0.4, 0.5) is 5.82 Å². The van der Waals surface area contributed by atoms with Crippen molar-refractivity contribution in [2.24, 2.45) is 7.05 Å². The van der Waals surface area contributed by atoms with E-state index >= 15 is 0 Å². The van der Waals surface area contributed by atoms with Crippen LogP contribution < -0.4 is 15.2 Å². The number of benzene rings is 1. The number of nitrogens with two attached hydrogens (primary N) is 1. The van der Waals surface area contributed by atoms with Gasteiger partial charge in [0.2, 0.25) is 0 Å². The van der Waals surface area contributed by atoms with Crippen LogP contribution in [0.15, 0.2) is 18.2 Å². The van der Waals surface area contributed by atoms with Gasteiger partial charge in [0.25, 0.3) is 0 Å². The molecule has 1 heterocycles. The first kappa shape index (κ1) is 13.7. The van der Waals surface area contributed by atoms with Crippen molar-refractivity contribution in [1.29, 1.82) is 0 Å². The predicted molar refractivity (Wildman–Crippen MR) is 73.1 cm³/mol. The number of carboxylic acid groups (broad SMARTS) is 1. The van der Waals surface area contributed by atoms with Gasteiger partial charge in [-0.25, -0.2) is 4.79 Å². The zero-order chi connectivity index (χ0) is 14.9. The Hall–Kier alpha value is -2.70. The van der Waals surface area contributed by atoms with Gasteiger partial charge in [0.15, 0.2) is 11.5 Å². The standard InChI is InChI=1S/C13H15N3O4/c1-16-11(14)6-9(15-16)7-4-8(13(17)18)12(20-3)10(5-7)19-2/h4-6H,14H2,1-3H3,(H,17,18). The van der Waals surface area contributed by atoms with Crippen molar-refractivity contribution in [2.75, 3.05) is 20.0 Å². The van der Waals surface area contributed by atoms with Crippen LogP contribution in [-0.4, -0.2) is 35.1 Å². The number of aryl methyl sites for hydroxylation is 1. The highest BCUT2D eigenvalue weighted by molar-refractivity contribution is 5.94. The van der Waals surface area contributed by atoms with E-state index in [2.05, 4.69) is 5.10 Å². The Balaban J connectivity index is 2.66. The minimum Gasteiger partial charge on any atom is -0.493 e. The molecule has 7 nitrogen and oxygen atoms in total. The van der Waals surface area contributed by atoms with Crippen LogP contribution >= 0.6 is 0 Å². The maximum atomic E-state index is 11.3. The molecule has 1 aromatic heterocycles. The van der Waals surface area contributed by atoms with Crippen LogP contribution in [0.3, 0.4) is 0 Å². The van der Waals surface area contributed by atoms with Gasteiger partial charge in [0.1, 0.15) is 11.4 Å². The normalized spacial score (nSPS) is 10.3. The van der Waals surface area contributed by atoms with Crippen LogP contribution in [0, 0.1) is 0 Å². The van der Waals surface area contributed by atoms with E-state index in [1.54, 1.807) is 19.2 Å². The number of rotatable bonds is 4. The molecule has 106 valence electrons. The number of aromatic carboxylic acids is 1. The van der Waals surface area contributed by atoms with Crippen molar-refractivity contribution in [3.8, 4) is 22.8 Å². The third kappa shape index (κ3) is 2.25. The number of ether oxygens (including phenoxy) is 2. The van der Waals surface area contributed by atoms with Gasteiger partial charge in [0.05, 0.1) is 19.9 Å². The smallest absolute Gasteiger partial charge is 0.339 e. The lowest BCUT2D eigenvalue weighted by molar-refractivity contribution is 0.0692. The van der Waals surface area contributed by atoms with Gasteiger partial charge in [-0.3, -0.25) is 4.68 Å². The summed E-state index contributed by atoms with van der Waals surface area (Å²) >= 11 is 0. The zero-order valence-corrected chi connectivity index (χ0v) is 11.4. The molecule has 0 amide bonds. The minimum atomic E-state index is -1.11. The molecular formula is C13H15N3O4. The Morgan fingerprint density at radius 1 is 1.30 bits per heavy atom. The quantitative estimate of drug-likeness (QED) is 0.876. The van der Waals surface area contributed by atoms with Crippen molar-refractivity contribution >= 4 is 11.8 Å². The van der Waals surface area contributed by atoms with Crippen molar-refractivity contribution < 1.29 is 19.4 Å². The lowest BCUT2D eigenvalue weighted by Gasteiger charge is -2.12. The summed E-state index contributed by atoms with van der Waals surface area (Å²) in [6, 6.07) is 4.80. The predicted octanol–water partition coefficient (Wildman–Crippen LogP) is 1.38. The summed E-state index contributed by atoms with van der Waals surface area (Å²) in [6.07, 6.45) is 0. The van der Waals surface area contributed by atoms with Gasteiger partial charge in [-0.05, 0) is 12.1 Å². The number of hydrogen-bond donors (Lipinski definition) is 2. The van der Waals surface area contributed by atoms with E-state index < -0.39 is 5.97 Å². The first-order valence-electron chi connectivity index (χ1n) is 5.77. The van der Waals surface area contributed by atoms with Gasteiger partial charge >= 0.3 is 5.97 Å². The van der Waals surface area contributed by atoms with Crippen LogP contribution in [0.1, 0.15) is 10.4 Å². The highest BCUT2D eigenvalue weighted by Crippen LogP contribution is 2.36. The van der Waals surface area contributed by atoms with E-state index in [4.69, 9.17) is 15.2 Å². The number of carboxylic acids is 1. The van der Waals surface area contributed by atoms with Crippen molar-refractivity contribution in [3.63, 3.8) is 0 Å². The second kappa shape index (κ2) is 5.12.